The number of hydrogen-bond acceptors (Lipinski definition) is 18. The number of rotatable bonds is 19. The smallest absolute Gasteiger partial charge is 1.00 e. The summed E-state index contributed by atoms with van der Waals surface area (Å²) in [5.74, 6) is -3.81. The number of nitrogens with two attached hydrogens (primary N) is 2. The van der Waals surface area contributed by atoms with E-state index in [0.717, 1.165) is 50.2 Å². The van der Waals surface area contributed by atoms with Gasteiger partial charge in [-0.25, -0.2) is 51.3 Å². The summed E-state index contributed by atoms with van der Waals surface area (Å²) in [6.07, 6.45) is -2.90. The molecular formula is C72H66Cl9F9IMgN13O14S3. The number of halogens is 19. The number of primary amides is 2. The fourth-order valence-electron chi connectivity index (χ4n) is 12.4. The Balaban J connectivity index is 0.000000296. The molecule has 6 aromatic carbocycles. The van der Waals surface area contributed by atoms with Crippen molar-refractivity contribution >= 4 is 233 Å². The summed E-state index contributed by atoms with van der Waals surface area (Å²) in [5, 5.41) is 0.722. The van der Waals surface area contributed by atoms with Crippen LogP contribution in [-0.2, 0) is 90.5 Å². The normalized spacial score (nSPS) is 17.5. The van der Waals surface area contributed by atoms with Gasteiger partial charge >= 0.3 is 53.7 Å². The molecule has 5 amide bonds. The molecule has 5 atom stereocenters. The number of hydrogen-bond donors (Lipinski definition) is 4. The van der Waals surface area contributed by atoms with E-state index in [1.165, 1.54) is 145 Å². The van der Waals surface area contributed by atoms with Crippen LogP contribution in [0.5, 0.6) is 17.2 Å². The van der Waals surface area contributed by atoms with Crippen molar-refractivity contribution in [1.29, 1.82) is 0 Å². The van der Waals surface area contributed by atoms with Crippen molar-refractivity contribution in [1.82, 2.24) is 38.2 Å². The summed E-state index contributed by atoms with van der Waals surface area (Å²) in [6, 6.07) is 26.8. The quantitative estimate of drug-likeness (QED) is 0.0146. The zero-order chi connectivity index (χ0) is 88.6. The summed E-state index contributed by atoms with van der Waals surface area (Å²) in [6.45, 7) is 7.50. The van der Waals surface area contributed by atoms with Crippen LogP contribution >= 0.6 is 115 Å². The predicted molar refractivity (Wildman–Crippen MR) is 445 cm³/mol. The molecule has 9 aromatic rings. The van der Waals surface area contributed by atoms with Crippen molar-refractivity contribution in [2.24, 2.45) is 11.5 Å². The molecule has 13 rings (SSSR count). The molecular weight excluding hydrogens is 2010 g/mol. The Labute approximate surface area is 770 Å². The van der Waals surface area contributed by atoms with E-state index in [0.29, 0.717) is 38.4 Å². The topological polar surface area (TPSA) is 355 Å². The number of aromatic nitrogens is 6. The van der Waals surface area contributed by atoms with Crippen LogP contribution in [0.15, 0.2) is 156 Å². The summed E-state index contributed by atoms with van der Waals surface area (Å²) >= 11 is 43.0. The Morgan fingerprint density at radius 3 is 1.05 bits per heavy atom. The van der Waals surface area contributed by atoms with Crippen LogP contribution in [0.25, 0.3) is 0 Å². The molecule has 27 nitrogen and oxygen atoms in total. The minimum absolute atomic E-state index is 0. The first-order valence-corrected chi connectivity index (χ1v) is 42.0. The first-order valence-electron chi connectivity index (χ1n) is 33.8. The third-order valence-corrected chi connectivity index (χ3v) is 22.7. The Morgan fingerprint density at radius 2 is 0.795 bits per heavy atom. The maximum absolute atomic E-state index is 14.0. The largest absolute Gasteiger partial charge is 2.00 e. The molecule has 1 fully saturated rings. The summed E-state index contributed by atoms with van der Waals surface area (Å²) in [4.78, 5) is 81.3. The van der Waals surface area contributed by atoms with Crippen molar-refractivity contribution < 1.29 is 115 Å². The van der Waals surface area contributed by atoms with Gasteiger partial charge in [-0.05, 0) is 177 Å². The van der Waals surface area contributed by atoms with Crippen LogP contribution in [0, 0.1) is 10.1 Å². The van der Waals surface area contributed by atoms with Crippen LogP contribution in [0.1, 0.15) is 84.4 Å². The van der Waals surface area contributed by atoms with Gasteiger partial charge in [0.15, 0.2) is 10.1 Å². The second-order valence-corrected chi connectivity index (χ2v) is 34.7. The molecule has 6 N–H and O–H groups in total. The predicted octanol–water partition coefficient (Wildman–Crippen LogP) is 13.8. The molecule has 3 aliphatic heterocycles. The third kappa shape index (κ3) is 26.2. The molecule has 0 radical (unpaired) electrons. The van der Waals surface area contributed by atoms with Gasteiger partial charge in [0, 0.05) is 60.1 Å². The molecule has 1 saturated carbocycles. The van der Waals surface area contributed by atoms with Gasteiger partial charge in [-0.3, -0.25) is 37.7 Å². The Bertz CT molecular complexity index is 5490. The molecule has 4 aliphatic rings. The van der Waals surface area contributed by atoms with Gasteiger partial charge in [-0.1, -0.05) is 126 Å². The molecule has 6 heterocycles. The maximum Gasteiger partial charge on any atom is 2.00 e. The summed E-state index contributed by atoms with van der Waals surface area (Å²) < 4.78 is 199. The number of imidazole rings is 3. The number of fused-ring (bicyclic) bond motifs is 3. The number of benzene rings is 6. The van der Waals surface area contributed by atoms with Gasteiger partial charge in [0.1, 0.15) is 37.6 Å². The summed E-state index contributed by atoms with van der Waals surface area (Å²) in [5.41, 5.74) is 8.06. The zero-order valence-electron chi connectivity index (χ0n) is 62.5. The average Bonchev–Trinajstić information content (AvgIpc) is 1.56. The number of anilines is 6. The first kappa shape index (κ1) is 105. The monoisotopic (exact) mass is 2070 g/mol. The van der Waals surface area contributed by atoms with Gasteiger partial charge < -0.3 is 44.5 Å². The number of alkyl halides is 9. The van der Waals surface area contributed by atoms with E-state index in [4.69, 9.17) is 112 Å². The van der Waals surface area contributed by atoms with Crippen molar-refractivity contribution in [2.45, 2.75) is 145 Å². The van der Waals surface area contributed by atoms with Crippen molar-refractivity contribution in [2.75, 3.05) is 14.7 Å². The molecule has 656 valence electrons. The second-order valence-electron chi connectivity index (χ2n) is 26.5. The number of nitrogens with one attached hydrogen (secondary N) is 2. The number of nitrogens with zero attached hydrogens (tertiary/aromatic N) is 9. The molecule has 1 aliphatic carbocycles. The number of ether oxygens (including phenoxy) is 3. The van der Waals surface area contributed by atoms with Gasteiger partial charge in [-0.2, -0.15) is 26.0 Å². The van der Waals surface area contributed by atoms with E-state index in [1.807, 2.05) is 0 Å². The van der Waals surface area contributed by atoms with Gasteiger partial charge in [-0.15, -0.1) is 39.5 Å². The second kappa shape index (κ2) is 42.9. The molecule has 122 heavy (non-hydrogen) atoms. The number of carbonyl (C=O) groups is 5. The van der Waals surface area contributed by atoms with Gasteiger partial charge in [0.25, 0.3) is 36.8 Å². The van der Waals surface area contributed by atoms with Crippen LogP contribution in [0.2, 0.25) is 30.1 Å². The standard InChI is InChI=1S/C23H20Cl2F3N5O5S.C20H13Cl3F3N3O4S.C20H13Cl2F3IN3O2.C5H9.C3H7ClN2O.CH4.ClH.Mg.O2S/c1-12(19(29)34)31-39(36,37)18-11-30-21-32(16-8-14(24)7-15(25)9-16)20(35)22(2,33(18)21)10-13-3-5-17(6-4-13)38-23(26,27)28;1-19(9-11-2-4-15(5-3-11)33-20(24,25)26)17(30)28(14-7-12(21)6-13(22)8-14)18-27-10-16(29(18)19)34(23,31)32;1-19(9-11-2-4-15(5-3-11)31-20(23,24)25)17(30)28(18-27-10-16(26)29(18)19)14-7-12(21)6-13(22)8-14;1-2-4-5-3-1;1-2(6-4)3(5)7;;;;1-3-2/h3-9,11-12,31H,10H2,1-2H3,(H2,29,34);2-8,10H,9H2,1H3;2-8,10H,9H2,1H3;1H,2-5H2;2,6H,1H3,(H2,5,7);1H4;1H;;/q;;;-1;;;;+2;/p-1/t12-,22+;2*19-;;2-;;;;/m011.0..../s1. The van der Waals surface area contributed by atoms with E-state index < -0.39 is 124 Å². The van der Waals surface area contributed by atoms with Gasteiger partial charge in [0.05, 0.1) is 47.7 Å². The SMILES string of the molecule is C.C[C@@]1(Cc2ccc(OC(F)(F)F)cc2)C(=O)N(c2cc(Cl)cc(Cl)c2)c2ncc(I)n21.C[C@@]1(Cc2ccc(OC(F)(F)F)cc2)C(=O)N(c2cc(Cl)cc(Cl)c2)c2ncc(S(=O)(=O)Cl)n21.C[C@H](NCl)C(N)=O.C[C@H](NS(=O)(=O)c1cnc2n1[C@](C)(Cc1ccc(OC(F)(F)F)cc1)C(=O)N2c1cc(Cl)cc(Cl)c1)C(N)=O.O=S=O.[CH-]1CCCC1.[Cl-].[Mg+2]. The molecule has 3 aromatic heterocycles. The minimum atomic E-state index is -4.89. The van der Waals surface area contributed by atoms with E-state index in [1.54, 1.807) is 42.8 Å². The van der Waals surface area contributed by atoms with E-state index in [2.05, 4.69) is 67.7 Å². The Kier molecular flexibility index (Phi) is 37.0. The van der Waals surface area contributed by atoms with E-state index in [-0.39, 0.29) is 117 Å². The van der Waals surface area contributed by atoms with Crippen molar-refractivity contribution in [3.63, 3.8) is 0 Å². The van der Waals surface area contributed by atoms with Crippen LogP contribution in [-0.4, -0.2) is 138 Å². The number of amides is 5. The molecule has 0 spiro atoms. The van der Waals surface area contributed by atoms with Crippen LogP contribution in [0.4, 0.5) is 74.4 Å². The number of sulfonamides is 1. The maximum atomic E-state index is 14.0. The number of carbonyl (C=O) groups excluding carboxylic acids is 5. The van der Waals surface area contributed by atoms with Crippen LogP contribution in [0.3, 0.4) is 0 Å². The molecule has 50 heteroatoms. The molecule has 0 saturated heterocycles. The first-order chi connectivity index (χ1) is 55.3. The summed E-state index contributed by atoms with van der Waals surface area (Å²) in [7, 11) is -3.17. The van der Waals surface area contributed by atoms with E-state index in [9.17, 15) is 80.3 Å². The third-order valence-electron chi connectivity index (χ3n) is 17.6. The minimum Gasteiger partial charge on any atom is -1.00 e. The van der Waals surface area contributed by atoms with E-state index >= 15 is 0 Å². The van der Waals surface area contributed by atoms with Crippen molar-refractivity contribution in [3.05, 3.63) is 203 Å². The molecule has 0 unspecified atom stereocenters. The van der Waals surface area contributed by atoms with Crippen molar-refractivity contribution in [3.8, 4) is 17.2 Å². The zero-order valence-corrected chi connectivity index (χ0v) is 75.4. The average molecular weight is 2070 g/mol. The fourth-order valence-corrected chi connectivity index (χ4v) is 17.4. The van der Waals surface area contributed by atoms with Gasteiger partial charge in [0.2, 0.25) is 29.7 Å². The fraction of sp³-hybridized carbons (Fsp3) is 0.292. The Hall–Kier alpha value is -7.18. The van der Waals surface area contributed by atoms with Crippen LogP contribution < -0.4 is 62.3 Å². The molecule has 0 bridgehead atoms. The Morgan fingerprint density at radius 1 is 0.525 bits per heavy atom.